The number of ether oxygens (including phenoxy) is 2. The van der Waals surface area contributed by atoms with Crippen molar-refractivity contribution in [3.8, 4) is 0 Å². The van der Waals surface area contributed by atoms with Gasteiger partial charge in [-0.25, -0.2) is 0 Å². The molecular weight excluding hydrogens is 216 g/mol. The Hall–Kier alpha value is 0.620. The van der Waals surface area contributed by atoms with Gasteiger partial charge < -0.3 is 9.47 Å². The first-order valence-corrected chi connectivity index (χ1v) is 7.30. The zero-order valence-corrected chi connectivity index (χ0v) is 10.5. The molecule has 1 atom stereocenters. The molecule has 2 heterocycles. The Labute approximate surface area is 94.5 Å². The van der Waals surface area contributed by atoms with Gasteiger partial charge in [-0.05, 0) is 38.2 Å². The average Bonchev–Trinajstić information content (AvgIpc) is 2.47. The van der Waals surface area contributed by atoms with E-state index in [1.165, 1.54) is 17.9 Å². The Bertz CT molecular complexity index is 191. The topological polar surface area (TPSA) is 18.5 Å². The first-order valence-electron chi connectivity index (χ1n) is 5.21. The van der Waals surface area contributed by atoms with Gasteiger partial charge in [0, 0.05) is 0 Å². The maximum absolute atomic E-state index is 5.80. The molecule has 2 fully saturated rings. The Kier molecular flexibility index (Phi) is 3.68. The van der Waals surface area contributed by atoms with Gasteiger partial charge in [0.05, 0.1) is 17.3 Å². The van der Waals surface area contributed by atoms with Crippen LogP contribution in [0.2, 0.25) is 0 Å². The highest BCUT2D eigenvalue weighted by molar-refractivity contribution is 8.17. The van der Waals surface area contributed by atoms with Crippen LogP contribution in [0.1, 0.15) is 26.7 Å². The number of rotatable bonds is 2. The molecule has 0 N–H and O–H groups in total. The molecule has 14 heavy (non-hydrogen) atoms. The Morgan fingerprint density at radius 1 is 1.29 bits per heavy atom. The highest BCUT2D eigenvalue weighted by Crippen LogP contribution is 2.36. The van der Waals surface area contributed by atoms with Crippen molar-refractivity contribution in [2.24, 2.45) is 0 Å². The largest absolute Gasteiger partial charge is 0.348 e. The van der Waals surface area contributed by atoms with Crippen LogP contribution in [0.15, 0.2) is 0 Å². The molecular formula is C10H18O2S2. The van der Waals surface area contributed by atoms with E-state index >= 15 is 0 Å². The first kappa shape index (κ1) is 11.1. The molecule has 2 nitrogen and oxygen atoms in total. The molecule has 0 radical (unpaired) electrons. The molecule has 0 amide bonds. The van der Waals surface area contributed by atoms with Crippen LogP contribution < -0.4 is 0 Å². The lowest BCUT2D eigenvalue weighted by molar-refractivity contribution is -0.138. The summed E-state index contributed by atoms with van der Waals surface area (Å²) in [4.78, 5) is 0. The van der Waals surface area contributed by atoms with Crippen LogP contribution in [0.4, 0.5) is 0 Å². The van der Waals surface area contributed by atoms with Crippen molar-refractivity contribution in [3.05, 3.63) is 0 Å². The van der Waals surface area contributed by atoms with Gasteiger partial charge in [-0.15, -0.1) is 23.5 Å². The van der Waals surface area contributed by atoms with E-state index in [-0.39, 0.29) is 5.79 Å². The molecule has 0 unspecified atom stereocenters. The van der Waals surface area contributed by atoms with E-state index in [0.717, 1.165) is 17.6 Å². The summed E-state index contributed by atoms with van der Waals surface area (Å²) in [7, 11) is 0. The number of thioether (sulfide) groups is 2. The summed E-state index contributed by atoms with van der Waals surface area (Å²) in [6.07, 6.45) is 2.81. The van der Waals surface area contributed by atoms with Gasteiger partial charge in [-0.2, -0.15) is 0 Å². The highest BCUT2D eigenvalue weighted by Gasteiger charge is 2.34. The van der Waals surface area contributed by atoms with E-state index in [4.69, 9.17) is 9.47 Å². The van der Waals surface area contributed by atoms with Crippen LogP contribution >= 0.6 is 23.5 Å². The zero-order valence-electron chi connectivity index (χ0n) is 8.82. The van der Waals surface area contributed by atoms with Crippen LogP contribution in [0.25, 0.3) is 0 Å². The van der Waals surface area contributed by atoms with E-state index < -0.39 is 0 Å². The minimum absolute atomic E-state index is 0.313. The molecule has 2 saturated heterocycles. The van der Waals surface area contributed by atoms with Gasteiger partial charge in [0.25, 0.3) is 0 Å². The molecule has 0 aromatic carbocycles. The van der Waals surface area contributed by atoms with Crippen molar-refractivity contribution in [1.29, 1.82) is 0 Å². The van der Waals surface area contributed by atoms with Crippen molar-refractivity contribution < 1.29 is 9.47 Å². The van der Waals surface area contributed by atoms with Crippen LogP contribution in [0.3, 0.4) is 0 Å². The number of hydrogen-bond acceptors (Lipinski definition) is 4. The fourth-order valence-corrected chi connectivity index (χ4v) is 4.76. The molecule has 0 spiro atoms. The smallest absolute Gasteiger partial charge is 0.163 e. The van der Waals surface area contributed by atoms with E-state index in [1.54, 1.807) is 0 Å². The molecule has 2 aliphatic rings. The van der Waals surface area contributed by atoms with Gasteiger partial charge in [0.1, 0.15) is 0 Å². The summed E-state index contributed by atoms with van der Waals surface area (Å²) < 4.78 is 12.1. The fourth-order valence-electron chi connectivity index (χ4n) is 1.77. The molecule has 2 aliphatic heterocycles. The fraction of sp³-hybridized carbons (Fsp3) is 1.00. The van der Waals surface area contributed by atoms with Crippen LogP contribution in [-0.2, 0) is 9.47 Å². The maximum atomic E-state index is 5.80. The van der Waals surface area contributed by atoms with Gasteiger partial charge in [0.2, 0.25) is 0 Å². The van der Waals surface area contributed by atoms with Gasteiger partial charge in [-0.3, -0.25) is 0 Å². The molecule has 0 saturated carbocycles. The third-order valence-corrected chi connectivity index (χ3v) is 5.41. The predicted octanol–water partition coefficient (Wildman–Crippen LogP) is 2.72. The van der Waals surface area contributed by atoms with E-state index in [9.17, 15) is 0 Å². The Morgan fingerprint density at radius 2 is 2.00 bits per heavy atom. The Balaban J connectivity index is 1.75. The van der Waals surface area contributed by atoms with E-state index in [0.29, 0.717) is 6.10 Å². The monoisotopic (exact) mass is 234 g/mol. The van der Waals surface area contributed by atoms with Gasteiger partial charge in [0.15, 0.2) is 5.79 Å². The van der Waals surface area contributed by atoms with Crippen molar-refractivity contribution in [3.63, 3.8) is 0 Å². The second kappa shape index (κ2) is 4.64. The SMILES string of the molecule is CC1(C)OC[C@@H](CC2SCCCS2)O1. The van der Waals surface area contributed by atoms with E-state index in [1.807, 2.05) is 13.8 Å². The molecule has 0 aliphatic carbocycles. The summed E-state index contributed by atoms with van der Waals surface area (Å²) in [5, 5.41) is 0. The van der Waals surface area contributed by atoms with Crippen molar-refractivity contribution in [1.82, 2.24) is 0 Å². The van der Waals surface area contributed by atoms with Crippen molar-refractivity contribution >= 4 is 23.5 Å². The summed E-state index contributed by atoms with van der Waals surface area (Å²) >= 11 is 4.16. The molecule has 82 valence electrons. The van der Waals surface area contributed by atoms with Crippen molar-refractivity contribution in [2.75, 3.05) is 18.1 Å². The van der Waals surface area contributed by atoms with Crippen molar-refractivity contribution in [2.45, 2.75) is 43.2 Å². The molecule has 0 bridgehead atoms. The zero-order chi connectivity index (χ0) is 10.0. The van der Waals surface area contributed by atoms with Crippen LogP contribution in [-0.4, -0.2) is 34.6 Å². The van der Waals surface area contributed by atoms with Crippen LogP contribution in [0, 0.1) is 0 Å². The maximum Gasteiger partial charge on any atom is 0.163 e. The summed E-state index contributed by atoms with van der Waals surface area (Å²) in [6.45, 7) is 4.76. The second-order valence-electron chi connectivity index (χ2n) is 4.21. The van der Waals surface area contributed by atoms with E-state index in [2.05, 4.69) is 23.5 Å². The standard InChI is InChI=1S/C10H18O2S2/c1-10(2)11-7-8(12-10)6-9-13-4-3-5-14-9/h8-9H,3-7H2,1-2H3/t8-/m1/s1. The average molecular weight is 234 g/mol. The third-order valence-electron chi connectivity index (χ3n) is 2.42. The quantitative estimate of drug-likeness (QED) is 0.731. The van der Waals surface area contributed by atoms with Gasteiger partial charge in [-0.1, -0.05) is 0 Å². The molecule has 0 aromatic rings. The number of hydrogen-bond donors (Lipinski definition) is 0. The lowest BCUT2D eigenvalue weighted by Gasteiger charge is -2.23. The minimum Gasteiger partial charge on any atom is -0.348 e. The normalized spacial score (nSPS) is 33.4. The molecule has 0 aromatic heterocycles. The Morgan fingerprint density at radius 3 is 2.57 bits per heavy atom. The lowest BCUT2D eigenvalue weighted by Crippen LogP contribution is -2.23. The summed E-state index contributed by atoms with van der Waals surface area (Å²) in [5.74, 6) is 2.28. The van der Waals surface area contributed by atoms with Gasteiger partial charge >= 0.3 is 0 Å². The third kappa shape index (κ3) is 3.05. The molecule has 4 heteroatoms. The summed E-state index contributed by atoms with van der Waals surface area (Å²) in [6, 6.07) is 0. The highest BCUT2D eigenvalue weighted by atomic mass is 32.2. The lowest BCUT2D eigenvalue weighted by atomic mass is 10.3. The van der Waals surface area contributed by atoms with Crippen LogP contribution in [0.5, 0.6) is 0 Å². The predicted molar refractivity (Wildman–Crippen MR) is 62.8 cm³/mol. The minimum atomic E-state index is -0.353. The molecule has 2 rings (SSSR count). The summed E-state index contributed by atoms with van der Waals surface area (Å²) in [5.41, 5.74) is 0. The second-order valence-corrected chi connectivity index (χ2v) is 7.13. The first-order chi connectivity index (χ1) is 6.66.